The lowest BCUT2D eigenvalue weighted by molar-refractivity contribution is -0.116. The molecule has 9 heteroatoms. The van der Waals surface area contributed by atoms with E-state index in [1.807, 2.05) is 6.07 Å². The molecule has 5 nitrogen and oxygen atoms in total. The van der Waals surface area contributed by atoms with Gasteiger partial charge in [0.1, 0.15) is 0 Å². The maximum Gasteiger partial charge on any atom is 0.288 e. The Balaban J connectivity index is 1.85. The lowest BCUT2D eigenvalue weighted by atomic mass is 10.2. The van der Waals surface area contributed by atoms with Gasteiger partial charge < -0.3 is 5.32 Å². The second-order valence-electron chi connectivity index (χ2n) is 5.33. The van der Waals surface area contributed by atoms with Gasteiger partial charge in [0, 0.05) is 23.3 Å². The summed E-state index contributed by atoms with van der Waals surface area (Å²) in [6, 6.07) is 15.1. The largest absolute Gasteiger partial charge is 0.325 e. The molecule has 0 aromatic heterocycles. The summed E-state index contributed by atoms with van der Waals surface area (Å²) in [6.07, 6.45) is 1.31. The van der Waals surface area contributed by atoms with E-state index in [0.717, 1.165) is 11.0 Å². The van der Waals surface area contributed by atoms with Crippen LogP contribution in [-0.4, -0.2) is 26.6 Å². The molecule has 0 fully saturated rings. The zero-order valence-electron chi connectivity index (χ0n) is 14.1. The number of benzene rings is 2. The van der Waals surface area contributed by atoms with Crippen molar-refractivity contribution in [3.63, 3.8) is 0 Å². The minimum absolute atomic E-state index is 0.114. The lowest BCUT2D eigenvalue weighted by Gasteiger charge is -2.10. The van der Waals surface area contributed by atoms with Crippen LogP contribution in [0.4, 0.5) is 14.5 Å². The van der Waals surface area contributed by atoms with Gasteiger partial charge in [-0.25, -0.2) is 13.1 Å². The van der Waals surface area contributed by atoms with Gasteiger partial charge in [-0.3, -0.25) is 4.79 Å². The molecule has 2 aromatic rings. The Morgan fingerprint density at radius 2 is 1.74 bits per heavy atom. The van der Waals surface area contributed by atoms with Gasteiger partial charge >= 0.3 is 0 Å². The van der Waals surface area contributed by atoms with E-state index in [1.165, 1.54) is 18.2 Å². The van der Waals surface area contributed by atoms with Gasteiger partial charge in [0.05, 0.1) is 5.69 Å². The molecular formula is C18H18F2N2O3S2. The highest BCUT2D eigenvalue weighted by Crippen LogP contribution is 2.31. The van der Waals surface area contributed by atoms with E-state index in [0.29, 0.717) is 11.8 Å². The highest BCUT2D eigenvalue weighted by Gasteiger charge is 2.12. The molecule has 2 N–H and O–H groups in total. The maximum absolute atomic E-state index is 12.5. The van der Waals surface area contributed by atoms with Crippen LogP contribution >= 0.6 is 11.8 Å². The molecule has 144 valence electrons. The average molecular weight is 412 g/mol. The van der Waals surface area contributed by atoms with E-state index in [4.69, 9.17) is 0 Å². The van der Waals surface area contributed by atoms with Crippen molar-refractivity contribution >= 4 is 39.5 Å². The molecule has 1 amide bonds. The predicted molar refractivity (Wildman–Crippen MR) is 104 cm³/mol. The normalized spacial score (nSPS) is 11.8. The Hall–Kier alpha value is -2.23. The lowest BCUT2D eigenvalue weighted by Crippen LogP contribution is -2.26. The van der Waals surface area contributed by atoms with Crippen molar-refractivity contribution in [1.29, 1.82) is 0 Å². The third-order valence-corrected chi connectivity index (χ3v) is 5.16. The zero-order chi connectivity index (χ0) is 19.7. The second kappa shape index (κ2) is 10.2. The van der Waals surface area contributed by atoms with E-state index in [1.54, 1.807) is 36.4 Å². The van der Waals surface area contributed by atoms with E-state index >= 15 is 0 Å². The monoisotopic (exact) mass is 412 g/mol. The first-order valence-electron chi connectivity index (χ1n) is 7.92. The van der Waals surface area contributed by atoms with Crippen molar-refractivity contribution < 1.29 is 22.0 Å². The van der Waals surface area contributed by atoms with Crippen molar-refractivity contribution in [3.05, 3.63) is 65.6 Å². The number of nitrogens with one attached hydrogen (secondary N) is 2. The van der Waals surface area contributed by atoms with Crippen LogP contribution in [0.3, 0.4) is 0 Å². The van der Waals surface area contributed by atoms with Gasteiger partial charge in [0.25, 0.3) is 5.76 Å². The van der Waals surface area contributed by atoms with Crippen LogP contribution in [-0.2, 0) is 14.8 Å². The van der Waals surface area contributed by atoms with Gasteiger partial charge in [-0.1, -0.05) is 54.2 Å². The third kappa shape index (κ3) is 7.90. The van der Waals surface area contributed by atoms with Crippen LogP contribution in [0.15, 0.2) is 64.9 Å². The molecule has 27 heavy (non-hydrogen) atoms. The Bertz CT molecular complexity index is 888. The third-order valence-electron chi connectivity index (χ3n) is 3.27. The topological polar surface area (TPSA) is 75.3 Å². The van der Waals surface area contributed by atoms with E-state index < -0.39 is 21.7 Å². The van der Waals surface area contributed by atoms with Crippen molar-refractivity contribution in [1.82, 2.24) is 4.72 Å². The molecule has 0 aliphatic rings. The van der Waals surface area contributed by atoms with Crippen molar-refractivity contribution in [2.45, 2.75) is 17.1 Å². The molecule has 0 saturated carbocycles. The van der Waals surface area contributed by atoms with Crippen LogP contribution < -0.4 is 10.0 Å². The Labute approximate surface area is 160 Å². The molecule has 0 aliphatic carbocycles. The van der Waals surface area contributed by atoms with Crippen LogP contribution in [0.5, 0.6) is 0 Å². The number of alkyl halides is 2. The number of carbonyl (C=O) groups is 1. The number of carbonyl (C=O) groups excluding carboxylic acids is 1. The van der Waals surface area contributed by atoms with Crippen LogP contribution in [0.1, 0.15) is 12.0 Å². The molecule has 0 heterocycles. The summed E-state index contributed by atoms with van der Waals surface area (Å²) >= 11 is 0.331. The molecule has 0 bridgehead atoms. The first-order valence-corrected chi connectivity index (χ1v) is 10.3. The molecule has 0 radical (unpaired) electrons. The summed E-state index contributed by atoms with van der Waals surface area (Å²) in [5, 5.41) is 3.54. The number of para-hydroxylation sites is 1. The van der Waals surface area contributed by atoms with Gasteiger partial charge in [0.2, 0.25) is 15.9 Å². The van der Waals surface area contributed by atoms with Gasteiger partial charge in [-0.05, 0) is 23.8 Å². The molecule has 0 atom stereocenters. The molecule has 2 rings (SSSR count). The maximum atomic E-state index is 12.5. The summed E-state index contributed by atoms with van der Waals surface area (Å²) in [4.78, 5) is 12.2. The highest BCUT2D eigenvalue weighted by molar-refractivity contribution is 7.99. The fourth-order valence-corrected chi connectivity index (χ4v) is 3.48. The standard InChI is InChI=1S/C18H18F2N2O3S2/c19-18(20)26-16-9-5-4-8-15(16)22-17(23)10-12-21-27(24,25)13-11-14-6-2-1-3-7-14/h1-9,11,13,18,21H,10,12H2,(H,22,23)/b13-11+. The number of anilines is 1. The van der Waals surface area contributed by atoms with E-state index in [-0.39, 0.29) is 23.5 Å². The summed E-state index contributed by atoms with van der Waals surface area (Å²) in [5.41, 5.74) is 0.994. The first kappa shape index (κ1) is 21.1. The minimum Gasteiger partial charge on any atom is -0.325 e. The fourth-order valence-electron chi connectivity index (χ4n) is 2.07. The fraction of sp³-hybridized carbons (Fsp3) is 0.167. The van der Waals surface area contributed by atoms with Crippen molar-refractivity contribution in [2.24, 2.45) is 0 Å². The van der Waals surface area contributed by atoms with E-state index in [9.17, 15) is 22.0 Å². The van der Waals surface area contributed by atoms with Gasteiger partial charge in [0.15, 0.2) is 0 Å². The predicted octanol–water partition coefficient (Wildman–Crippen LogP) is 3.92. The summed E-state index contributed by atoms with van der Waals surface area (Å²) < 4.78 is 51.2. The number of sulfonamides is 1. The van der Waals surface area contributed by atoms with Crippen LogP contribution in [0.25, 0.3) is 6.08 Å². The smallest absolute Gasteiger partial charge is 0.288 e. The number of hydrogen-bond donors (Lipinski definition) is 2. The van der Waals surface area contributed by atoms with Crippen molar-refractivity contribution in [2.75, 3.05) is 11.9 Å². The van der Waals surface area contributed by atoms with Gasteiger partial charge in [-0.15, -0.1) is 0 Å². The average Bonchev–Trinajstić information content (AvgIpc) is 2.62. The zero-order valence-corrected chi connectivity index (χ0v) is 15.8. The number of hydrogen-bond acceptors (Lipinski definition) is 4. The molecular weight excluding hydrogens is 394 g/mol. The van der Waals surface area contributed by atoms with Crippen LogP contribution in [0.2, 0.25) is 0 Å². The first-order chi connectivity index (χ1) is 12.9. The van der Waals surface area contributed by atoms with Crippen LogP contribution in [0, 0.1) is 0 Å². The number of halogens is 2. The Morgan fingerprint density at radius 3 is 2.44 bits per heavy atom. The van der Waals surface area contributed by atoms with E-state index in [2.05, 4.69) is 10.0 Å². The number of amides is 1. The summed E-state index contributed by atoms with van der Waals surface area (Å²) in [7, 11) is -3.69. The Kier molecular flexibility index (Phi) is 7.96. The summed E-state index contributed by atoms with van der Waals surface area (Å²) in [6.45, 7) is -0.114. The molecule has 0 unspecified atom stereocenters. The SMILES string of the molecule is O=C(CCNS(=O)(=O)/C=C/c1ccccc1)Nc1ccccc1SC(F)F. The molecule has 2 aromatic carbocycles. The number of rotatable bonds is 9. The Morgan fingerprint density at radius 1 is 1.07 bits per heavy atom. The quantitative estimate of drug-likeness (QED) is 0.612. The van der Waals surface area contributed by atoms with Crippen molar-refractivity contribution in [3.8, 4) is 0 Å². The molecule has 0 spiro atoms. The molecule has 0 aliphatic heterocycles. The van der Waals surface area contributed by atoms with Gasteiger partial charge in [-0.2, -0.15) is 8.78 Å². The minimum atomic E-state index is -3.69. The highest BCUT2D eigenvalue weighted by atomic mass is 32.2. The second-order valence-corrected chi connectivity index (χ2v) is 8.01. The summed E-state index contributed by atoms with van der Waals surface area (Å²) in [5.74, 6) is -3.08. The molecule has 0 saturated heterocycles. The number of thioether (sulfide) groups is 1.